The zero-order valence-corrected chi connectivity index (χ0v) is 11.8. The molecule has 2 amide bonds. The van der Waals surface area contributed by atoms with Gasteiger partial charge in [0.05, 0.1) is 0 Å². The van der Waals surface area contributed by atoms with Crippen LogP contribution in [0.2, 0.25) is 0 Å². The summed E-state index contributed by atoms with van der Waals surface area (Å²) >= 11 is 0. The first kappa shape index (κ1) is 14.1. The Morgan fingerprint density at radius 3 is 3.00 bits per heavy atom. The standard InChI is InChI=1S/C16H15N3O3/c20-15(11-5-8-17-9-6-11)18-10-7-13-12-3-1-2-4-14(12)22-19-16(13)21/h1-2,4-6,8-9H,3,7,10H2,(H,18,20)(H,19,21). The Morgan fingerprint density at radius 1 is 1.36 bits per heavy atom. The summed E-state index contributed by atoms with van der Waals surface area (Å²) in [5, 5.41) is 2.80. The van der Waals surface area contributed by atoms with Gasteiger partial charge in [-0.15, -0.1) is 0 Å². The molecule has 22 heavy (non-hydrogen) atoms. The Balaban J connectivity index is 1.64. The van der Waals surface area contributed by atoms with E-state index in [1.54, 1.807) is 24.5 Å². The van der Waals surface area contributed by atoms with Gasteiger partial charge in [-0.05, 0) is 31.1 Å². The topological polar surface area (TPSA) is 80.3 Å². The molecule has 1 aliphatic heterocycles. The van der Waals surface area contributed by atoms with E-state index in [-0.39, 0.29) is 11.8 Å². The number of allylic oxidation sites excluding steroid dienone is 4. The maximum atomic E-state index is 11.9. The molecule has 1 aromatic rings. The maximum Gasteiger partial charge on any atom is 0.280 e. The van der Waals surface area contributed by atoms with E-state index in [2.05, 4.69) is 15.8 Å². The monoisotopic (exact) mass is 297 g/mol. The zero-order chi connectivity index (χ0) is 15.4. The van der Waals surface area contributed by atoms with Gasteiger partial charge >= 0.3 is 0 Å². The summed E-state index contributed by atoms with van der Waals surface area (Å²) in [6.07, 6.45) is 9.91. The van der Waals surface area contributed by atoms with Crippen LogP contribution in [0.25, 0.3) is 0 Å². The van der Waals surface area contributed by atoms with Gasteiger partial charge in [-0.2, -0.15) is 5.48 Å². The molecule has 112 valence electrons. The second-order valence-electron chi connectivity index (χ2n) is 4.90. The molecule has 0 unspecified atom stereocenters. The van der Waals surface area contributed by atoms with Gasteiger partial charge in [-0.1, -0.05) is 12.2 Å². The number of rotatable bonds is 4. The lowest BCUT2D eigenvalue weighted by Crippen LogP contribution is -2.34. The Bertz CT molecular complexity index is 690. The quantitative estimate of drug-likeness (QED) is 0.880. The highest BCUT2D eigenvalue weighted by Crippen LogP contribution is 2.28. The molecule has 2 aliphatic rings. The Kier molecular flexibility index (Phi) is 4.00. The molecule has 0 radical (unpaired) electrons. The van der Waals surface area contributed by atoms with Crippen molar-refractivity contribution >= 4 is 11.8 Å². The van der Waals surface area contributed by atoms with E-state index in [1.807, 2.05) is 18.2 Å². The summed E-state index contributed by atoms with van der Waals surface area (Å²) in [7, 11) is 0. The number of amides is 2. The average molecular weight is 297 g/mol. The van der Waals surface area contributed by atoms with E-state index in [0.29, 0.717) is 36.3 Å². The van der Waals surface area contributed by atoms with Gasteiger partial charge in [0.2, 0.25) is 0 Å². The van der Waals surface area contributed by atoms with Crippen LogP contribution in [-0.4, -0.2) is 23.3 Å². The number of fused-ring (bicyclic) bond motifs is 1. The van der Waals surface area contributed by atoms with Crippen LogP contribution in [0.4, 0.5) is 0 Å². The fourth-order valence-corrected chi connectivity index (χ4v) is 2.38. The number of pyridine rings is 1. The summed E-state index contributed by atoms with van der Waals surface area (Å²) in [5.74, 6) is 0.234. The Labute approximate surface area is 127 Å². The van der Waals surface area contributed by atoms with Crippen molar-refractivity contribution in [2.75, 3.05) is 6.54 Å². The SMILES string of the molecule is O=C1NOC2=CC=CCC2=C1CCNC(=O)c1ccncc1. The van der Waals surface area contributed by atoms with Crippen LogP contribution in [0.1, 0.15) is 23.2 Å². The van der Waals surface area contributed by atoms with Crippen molar-refractivity contribution in [1.82, 2.24) is 15.8 Å². The lowest BCUT2D eigenvalue weighted by molar-refractivity contribution is -0.128. The van der Waals surface area contributed by atoms with Crippen molar-refractivity contribution < 1.29 is 14.4 Å². The van der Waals surface area contributed by atoms with Crippen molar-refractivity contribution in [3.63, 3.8) is 0 Å². The molecular formula is C16H15N3O3. The smallest absolute Gasteiger partial charge is 0.280 e. The summed E-state index contributed by atoms with van der Waals surface area (Å²) in [6, 6.07) is 3.29. The average Bonchev–Trinajstić information content (AvgIpc) is 2.57. The molecule has 0 aromatic carbocycles. The first-order chi connectivity index (χ1) is 10.8. The number of nitrogens with one attached hydrogen (secondary N) is 2. The fraction of sp³-hybridized carbons (Fsp3) is 0.188. The number of hydrogen-bond acceptors (Lipinski definition) is 4. The summed E-state index contributed by atoms with van der Waals surface area (Å²) in [4.78, 5) is 32.9. The molecule has 2 N–H and O–H groups in total. The number of carbonyl (C=O) groups excluding carboxylic acids is 2. The van der Waals surface area contributed by atoms with Crippen LogP contribution >= 0.6 is 0 Å². The molecule has 0 spiro atoms. The number of carbonyl (C=O) groups is 2. The van der Waals surface area contributed by atoms with Crippen LogP contribution in [-0.2, 0) is 9.63 Å². The third-order valence-corrected chi connectivity index (χ3v) is 3.50. The van der Waals surface area contributed by atoms with E-state index in [0.717, 1.165) is 5.57 Å². The minimum Gasteiger partial charge on any atom is -0.379 e. The van der Waals surface area contributed by atoms with Crippen LogP contribution in [0.15, 0.2) is 59.7 Å². The highest BCUT2D eigenvalue weighted by Gasteiger charge is 2.25. The highest BCUT2D eigenvalue weighted by molar-refractivity contribution is 5.96. The lowest BCUT2D eigenvalue weighted by Gasteiger charge is -2.24. The molecule has 6 heteroatoms. The number of aromatic nitrogens is 1. The molecule has 0 saturated carbocycles. The van der Waals surface area contributed by atoms with Gasteiger partial charge in [0, 0.05) is 35.6 Å². The molecule has 0 atom stereocenters. The Hall–Kier alpha value is -2.89. The van der Waals surface area contributed by atoms with Crippen molar-refractivity contribution in [3.8, 4) is 0 Å². The minimum absolute atomic E-state index is 0.181. The maximum absolute atomic E-state index is 11.9. The van der Waals surface area contributed by atoms with E-state index in [1.165, 1.54) is 0 Å². The molecule has 1 aromatic heterocycles. The first-order valence-corrected chi connectivity index (χ1v) is 7.00. The normalized spacial score (nSPS) is 16.4. The van der Waals surface area contributed by atoms with Gasteiger partial charge in [0.1, 0.15) is 0 Å². The molecule has 6 nitrogen and oxygen atoms in total. The molecule has 3 rings (SSSR count). The number of nitrogens with zero attached hydrogens (tertiary/aromatic N) is 1. The minimum atomic E-state index is -0.249. The number of hydroxylamine groups is 1. The fourth-order valence-electron chi connectivity index (χ4n) is 2.38. The van der Waals surface area contributed by atoms with Gasteiger partial charge in [-0.3, -0.25) is 14.6 Å². The summed E-state index contributed by atoms with van der Waals surface area (Å²) < 4.78 is 0. The van der Waals surface area contributed by atoms with Gasteiger partial charge in [0.15, 0.2) is 5.76 Å². The second kappa shape index (κ2) is 6.26. The summed E-state index contributed by atoms with van der Waals surface area (Å²) in [5.41, 5.74) is 4.46. The van der Waals surface area contributed by atoms with Crippen LogP contribution < -0.4 is 10.8 Å². The molecule has 1 aliphatic carbocycles. The van der Waals surface area contributed by atoms with E-state index >= 15 is 0 Å². The van der Waals surface area contributed by atoms with Gasteiger partial charge in [-0.25, -0.2) is 0 Å². The lowest BCUT2D eigenvalue weighted by atomic mass is 9.96. The van der Waals surface area contributed by atoms with E-state index < -0.39 is 0 Å². The largest absolute Gasteiger partial charge is 0.379 e. The predicted octanol–water partition coefficient (Wildman–Crippen LogP) is 1.40. The number of hydrogen-bond donors (Lipinski definition) is 2. The first-order valence-electron chi connectivity index (χ1n) is 7.00. The van der Waals surface area contributed by atoms with Gasteiger partial charge < -0.3 is 10.2 Å². The molecular weight excluding hydrogens is 282 g/mol. The predicted molar refractivity (Wildman–Crippen MR) is 79.3 cm³/mol. The molecule has 0 bridgehead atoms. The Morgan fingerprint density at radius 2 is 2.18 bits per heavy atom. The van der Waals surface area contributed by atoms with E-state index in [4.69, 9.17) is 4.84 Å². The third-order valence-electron chi connectivity index (χ3n) is 3.50. The molecule has 2 heterocycles. The molecule has 0 fully saturated rings. The van der Waals surface area contributed by atoms with E-state index in [9.17, 15) is 9.59 Å². The van der Waals surface area contributed by atoms with Crippen molar-refractivity contribution in [1.29, 1.82) is 0 Å². The van der Waals surface area contributed by atoms with Crippen LogP contribution in [0.5, 0.6) is 0 Å². The van der Waals surface area contributed by atoms with Crippen molar-refractivity contribution in [2.24, 2.45) is 0 Å². The van der Waals surface area contributed by atoms with Crippen LogP contribution in [0.3, 0.4) is 0 Å². The van der Waals surface area contributed by atoms with Crippen molar-refractivity contribution in [2.45, 2.75) is 12.8 Å². The van der Waals surface area contributed by atoms with Gasteiger partial charge in [0.25, 0.3) is 11.8 Å². The second-order valence-corrected chi connectivity index (χ2v) is 4.90. The molecule has 0 saturated heterocycles. The third kappa shape index (κ3) is 2.90. The van der Waals surface area contributed by atoms with Crippen molar-refractivity contribution in [3.05, 3.63) is 65.2 Å². The van der Waals surface area contributed by atoms with Crippen LogP contribution in [0, 0.1) is 0 Å². The summed E-state index contributed by atoms with van der Waals surface area (Å²) in [6.45, 7) is 0.379. The highest BCUT2D eigenvalue weighted by atomic mass is 16.7. The zero-order valence-electron chi connectivity index (χ0n) is 11.8.